The zero-order chi connectivity index (χ0) is 15.8. The van der Waals surface area contributed by atoms with E-state index in [1.807, 2.05) is 0 Å². The molecule has 0 atom stereocenters. The number of hydrogen-bond donors (Lipinski definition) is 1. The van der Waals surface area contributed by atoms with Crippen molar-refractivity contribution in [1.29, 1.82) is 0 Å². The fraction of sp³-hybridized carbons (Fsp3) is 0.0833. The summed E-state index contributed by atoms with van der Waals surface area (Å²) in [5.41, 5.74) is -1.39. The molecule has 0 unspecified atom stereocenters. The molecule has 0 aliphatic heterocycles. The Labute approximate surface area is 126 Å². The highest BCUT2D eigenvalue weighted by Gasteiger charge is 2.32. The van der Waals surface area contributed by atoms with Crippen molar-refractivity contribution in [3.63, 3.8) is 0 Å². The van der Waals surface area contributed by atoms with Crippen LogP contribution >= 0.6 is 23.2 Å². The number of carboxylic acids is 1. The number of rotatable bonds is 2. The monoisotopic (exact) mass is 336 g/mol. The zero-order valence-corrected chi connectivity index (χ0v) is 11.5. The number of carbonyl (C=O) groups is 1. The number of nitrogens with zero attached hydrogens (tertiary/aromatic N) is 2. The molecule has 1 N–H and O–H groups in total. The van der Waals surface area contributed by atoms with Gasteiger partial charge in [-0.3, -0.25) is 4.98 Å². The van der Waals surface area contributed by atoms with Crippen molar-refractivity contribution in [2.45, 2.75) is 6.18 Å². The predicted molar refractivity (Wildman–Crippen MR) is 69.4 cm³/mol. The number of pyridine rings is 2. The van der Waals surface area contributed by atoms with Crippen LogP contribution in [0.4, 0.5) is 13.2 Å². The maximum atomic E-state index is 12.4. The lowest BCUT2D eigenvalue weighted by Crippen LogP contribution is -2.07. The maximum Gasteiger partial charge on any atom is 0.433 e. The molecule has 2 aromatic rings. The van der Waals surface area contributed by atoms with Gasteiger partial charge in [0, 0.05) is 11.8 Å². The van der Waals surface area contributed by atoms with E-state index >= 15 is 0 Å². The quantitative estimate of drug-likeness (QED) is 0.893. The fourth-order valence-electron chi connectivity index (χ4n) is 1.52. The first-order valence-electron chi connectivity index (χ1n) is 5.33. The van der Waals surface area contributed by atoms with Crippen molar-refractivity contribution in [2.24, 2.45) is 0 Å². The van der Waals surface area contributed by atoms with Crippen LogP contribution in [0.5, 0.6) is 0 Å². The van der Waals surface area contributed by atoms with Crippen molar-refractivity contribution in [3.05, 3.63) is 45.8 Å². The maximum absolute atomic E-state index is 12.4. The Balaban J connectivity index is 2.52. The Kier molecular flexibility index (Phi) is 4.06. The summed E-state index contributed by atoms with van der Waals surface area (Å²) in [5, 5.41) is 8.76. The lowest BCUT2D eigenvalue weighted by Gasteiger charge is -2.08. The fourth-order valence-corrected chi connectivity index (χ4v) is 2.07. The predicted octanol–water partition coefficient (Wildman–Crippen LogP) is 4.17. The molecule has 2 rings (SSSR count). The standard InChI is InChI=1S/C12H5Cl2F3N2O2/c13-6-3-7(14)10(11(20)21)19-9(6)5-1-2-8(18-4-5)12(15,16)17/h1-4H,(H,20,21). The highest BCUT2D eigenvalue weighted by Crippen LogP contribution is 2.32. The van der Waals surface area contributed by atoms with Gasteiger partial charge in [-0.25, -0.2) is 9.78 Å². The van der Waals surface area contributed by atoms with Crippen LogP contribution in [0.15, 0.2) is 24.4 Å². The van der Waals surface area contributed by atoms with Crippen LogP contribution in [0.3, 0.4) is 0 Å². The molecule has 0 amide bonds. The van der Waals surface area contributed by atoms with Gasteiger partial charge in [0.2, 0.25) is 0 Å². The first-order valence-corrected chi connectivity index (χ1v) is 6.08. The number of carboxylic acid groups (broad SMARTS) is 1. The van der Waals surface area contributed by atoms with Gasteiger partial charge in [-0.15, -0.1) is 0 Å². The van der Waals surface area contributed by atoms with Crippen LogP contribution in [0, 0.1) is 0 Å². The van der Waals surface area contributed by atoms with Crippen molar-refractivity contribution < 1.29 is 23.1 Å². The molecule has 0 fully saturated rings. The molecule has 0 aromatic carbocycles. The van der Waals surface area contributed by atoms with Crippen molar-refractivity contribution in [2.75, 3.05) is 0 Å². The molecule has 0 bridgehead atoms. The van der Waals surface area contributed by atoms with Crippen LogP contribution in [0.25, 0.3) is 11.3 Å². The Hall–Kier alpha value is -1.86. The summed E-state index contributed by atoms with van der Waals surface area (Å²) >= 11 is 11.6. The molecular formula is C12H5Cl2F3N2O2. The second-order valence-electron chi connectivity index (χ2n) is 3.88. The van der Waals surface area contributed by atoms with E-state index in [2.05, 4.69) is 9.97 Å². The van der Waals surface area contributed by atoms with Gasteiger partial charge in [0.05, 0.1) is 15.7 Å². The van der Waals surface area contributed by atoms with Crippen LogP contribution in [-0.2, 0) is 6.18 Å². The summed E-state index contributed by atoms with van der Waals surface area (Å²) in [5.74, 6) is -1.38. The Morgan fingerprint density at radius 1 is 1.19 bits per heavy atom. The van der Waals surface area contributed by atoms with E-state index in [0.29, 0.717) is 0 Å². The minimum Gasteiger partial charge on any atom is -0.476 e. The van der Waals surface area contributed by atoms with Crippen LogP contribution in [0.1, 0.15) is 16.2 Å². The summed E-state index contributed by atoms with van der Waals surface area (Å²) in [4.78, 5) is 18.0. The van der Waals surface area contributed by atoms with Gasteiger partial charge in [0.15, 0.2) is 5.69 Å². The highest BCUT2D eigenvalue weighted by molar-refractivity contribution is 6.37. The molecular weight excluding hydrogens is 332 g/mol. The summed E-state index contributed by atoms with van der Waals surface area (Å²) in [6, 6.07) is 3.01. The molecule has 2 aromatic heterocycles. The zero-order valence-electron chi connectivity index (χ0n) is 9.95. The van der Waals surface area contributed by atoms with Crippen molar-refractivity contribution >= 4 is 29.2 Å². The molecule has 110 valence electrons. The number of aromatic nitrogens is 2. The third kappa shape index (κ3) is 3.25. The van der Waals surface area contributed by atoms with E-state index in [1.54, 1.807) is 0 Å². The van der Waals surface area contributed by atoms with Gasteiger partial charge in [-0.1, -0.05) is 23.2 Å². The third-order valence-corrected chi connectivity index (χ3v) is 3.04. The molecule has 0 saturated carbocycles. The molecule has 0 radical (unpaired) electrons. The molecule has 2 heterocycles. The number of hydrogen-bond acceptors (Lipinski definition) is 3. The smallest absolute Gasteiger partial charge is 0.433 e. The molecule has 0 spiro atoms. The van der Waals surface area contributed by atoms with Crippen molar-refractivity contribution in [1.82, 2.24) is 9.97 Å². The van der Waals surface area contributed by atoms with E-state index in [0.717, 1.165) is 24.4 Å². The van der Waals surface area contributed by atoms with Crippen molar-refractivity contribution in [3.8, 4) is 11.3 Å². The van der Waals surface area contributed by atoms with E-state index in [1.165, 1.54) is 0 Å². The Morgan fingerprint density at radius 3 is 2.33 bits per heavy atom. The second kappa shape index (κ2) is 5.50. The molecule has 4 nitrogen and oxygen atoms in total. The average Bonchev–Trinajstić information content (AvgIpc) is 2.37. The second-order valence-corrected chi connectivity index (χ2v) is 4.70. The molecule has 0 aliphatic carbocycles. The number of aromatic carboxylic acids is 1. The average molecular weight is 337 g/mol. The number of halogens is 5. The lowest BCUT2D eigenvalue weighted by atomic mass is 10.1. The topological polar surface area (TPSA) is 63.1 Å². The van der Waals surface area contributed by atoms with E-state index in [4.69, 9.17) is 28.3 Å². The number of alkyl halides is 3. The largest absolute Gasteiger partial charge is 0.476 e. The minimum atomic E-state index is -4.57. The Bertz CT molecular complexity index is 703. The first kappa shape index (κ1) is 15.5. The minimum absolute atomic E-state index is 0.00607. The molecule has 9 heteroatoms. The van der Waals surface area contributed by atoms with Gasteiger partial charge in [-0.2, -0.15) is 13.2 Å². The normalized spacial score (nSPS) is 11.5. The molecule has 0 saturated heterocycles. The lowest BCUT2D eigenvalue weighted by molar-refractivity contribution is -0.141. The van der Waals surface area contributed by atoms with E-state index in [9.17, 15) is 18.0 Å². The molecule has 0 aliphatic rings. The van der Waals surface area contributed by atoms with Crippen LogP contribution in [0.2, 0.25) is 10.0 Å². The summed E-state index contributed by atoms with van der Waals surface area (Å²) in [7, 11) is 0. The van der Waals surface area contributed by atoms with Gasteiger partial charge in [-0.05, 0) is 18.2 Å². The highest BCUT2D eigenvalue weighted by atomic mass is 35.5. The molecule has 21 heavy (non-hydrogen) atoms. The van der Waals surface area contributed by atoms with Gasteiger partial charge >= 0.3 is 12.1 Å². The van der Waals surface area contributed by atoms with Gasteiger partial charge in [0.1, 0.15) is 5.69 Å². The van der Waals surface area contributed by atoms with Crippen LogP contribution < -0.4 is 0 Å². The summed E-state index contributed by atoms with van der Waals surface area (Å²) in [6.45, 7) is 0. The summed E-state index contributed by atoms with van der Waals surface area (Å²) < 4.78 is 37.3. The van der Waals surface area contributed by atoms with Gasteiger partial charge < -0.3 is 5.11 Å². The summed E-state index contributed by atoms with van der Waals surface area (Å²) in [6.07, 6.45) is -3.65. The van der Waals surface area contributed by atoms with Crippen LogP contribution in [-0.4, -0.2) is 21.0 Å². The first-order chi connectivity index (χ1) is 9.70. The van der Waals surface area contributed by atoms with E-state index < -0.39 is 23.5 Å². The Morgan fingerprint density at radius 2 is 1.86 bits per heavy atom. The SMILES string of the molecule is O=C(O)c1nc(-c2ccc(C(F)(F)F)nc2)c(Cl)cc1Cl. The third-order valence-electron chi connectivity index (χ3n) is 2.46. The van der Waals surface area contributed by atoms with E-state index in [-0.39, 0.29) is 21.3 Å². The van der Waals surface area contributed by atoms with Gasteiger partial charge in [0.25, 0.3) is 0 Å².